The number of hydrogen-bond acceptors (Lipinski definition) is 6. The number of rotatable bonds is 6. The first-order valence-corrected chi connectivity index (χ1v) is 11.8. The number of benzene rings is 2. The maximum absolute atomic E-state index is 13.3. The lowest BCUT2D eigenvalue weighted by Crippen LogP contribution is -2.17. The number of hydrogen-bond donors (Lipinski definition) is 2. The monoisotopic (exact) mass is 473 g/mol. The number of carbonyl (C=O) groups is 2. The van der Waals surface area contributed by atoms with Crippen molar-refractivity contribution in [2.45, 2.75) is 26.2 Å². The molecule has 0 bridgehead atoms. The number of carbonyl (C=O) groups excluding carboxylic acids is 2. The Morgan fingerprint density at radius 1 is 1.06 bits per heavy atom. The third kappa shape index (κ3) is 4.17. The highest BCUT2D eigenvalue weighted by Gasteiger charge is 2.27. The molecule has 9 heteroatoms. The maximum Gasteiger partial charge on any atom is 0.276 e. The Bertz CT molecular complexity index is 1380. The Hall–Kier alpha value is -3.98. The summed E-state index contributed by atoms with van der Waals surface area (Å²) in [6.07, 6.45) is 2.66. The molecule has 0 saturated heterocycles. The van der Waals surface area contributed by atoms with Gasteiger partial charge in [0.2, 0.25) is 0 Å². The molecule has 0 radical (unpaired) electrons. The van der Waals surface area contributed by atoms with E-state index in [0.717, 1.165) is 41.9 Å². The average Bonchev–Trinajstić information content (AvgIpc) is 3.56. The second-order valence-corrected chi connectivity index (χ2v) is 8.85. The number of aryl methyl sites for hydroxylation is 1. The highest BCUT2D eigenvalue weighted by molar-refractivity contribution is 7.13. The van der Waals surface area contributed by atoms with Crippen molar-refractivity contribution in [3.63, 3.8) is 0 Å². The molecule has 1 aliphatic rings. The van der Waals surface area contributed by atoms with E-state index >= 15 is 0 Å². The van der Waals surface area contributed by atoms with Crippen LogP contribution in [-0.4, -0.2) is 33.7 Å². The zero-order valence-electron chi connectivity index (χ0n) is 18.8. The molecule has 2 N–H and O–H groups in total. The summed E-state index contributed by atoms with van der Waals surface area (Å²) in [7, 11) is 1.52. The second kappa shape index (κ2) is 9.11. The Morgan fingerprint density at radius 2 is 1.88 bits per heavy atom. The Morgan fingerprint density at radius 3 is 2.62 bits per heavy atom. The van der Waals surface area contributed by atoms with E-state index in [1.165, 1.54) is 18.4 Å². The summed E-state index contributed by atoms with van der Waals surface area (Å²) in [4.78, 5) is 30.3. The van der Waals surface area contributed by atoms with Crippen molar-refractivity contribution in [1.82, 2.24) is 14.8 Å². The van der Waals surface area contributed by atoms with E-state index < -0.39 is 0 Å². The number of fused-ring (bicyclic) bond motifs is 1. The first-order chi connectivity index (χ1) is 16.5. The van der Waals surface area contributed by atoms with Gasteiger partial charge in [-0.15, -0.1) is 11.3 Å². The van der Waals surface area contributed by atoms with Gasteiger partial charge in [0.05, 0.1) is 24.2 Å². The van der Waals surface area contributed by atoms with Gasteiger partial charge in [0.1, 0.15) is 5.75 Å². The van der Waals surface area contributed by atoms with Gasteiger partial charge in [-0.3, -0.25) is 14.9 Å². The largest absolute Gasteiger partial charge is 0.495 e. The molecule has 2 aromatic heterocycles. The third-order valence-electron chi connectivity index (χ3n) is 5.70. The molecule has 0 unspecified atom stereocenters. The van der Waals surface area contributed by atoms with Gasteiger partial charge in [0, 0.05) is 22.2 Å². The van der Waals surface area contributed by atoms with Crippen LogP contribution in [0.25, 0.3) is 5.69 Å². The van der Waals surface area contributed by atoms with E-state index in [0.29, 0.717) is 27.8 Å². The van der Waals surface area contributed by atoms with Crippen molar-refractivity contribution in [3.05, 3.63) is 82.1 Å². The summed E-state index contributed by atoms with van der Waals surface area (Å²) >= 11 is 1.36. The smallest absolute Gasteiger partial charge is 0.276 e. The van der Waals surface area contributed by atoms with E-state index in [9.17, 15) is 9.59 Å². The van der Waals surface area contributed by atoms with E-state index in [1.807, 2.05) is 47.3 Å². The average molecular weight is 474 g/mol. The number of ether oxygens (including phenoxy) is 1. The Labute approximate surface area is 200 Å². The number of para-hydroxylation sites is 1. The van der Waals surface area contributed by atoms with Crippen LogP contribution in [0, 0.1) is 6.92 Å². The summed E-state index contributed by atoms with van der Waals surface area (Å²) in [6.45, 7) is 1.86. The predicted octanol–water partition coefficient (Wildman–Crippen LogP) is 4.64. The minimum absolute atomic E-state index is 0.318. The van der Waals surface area contributed by atoms with E-state index in [1.54, 1.807) is 18.2 Å². The topological polar surface area (TPSA) is 98.1 Å². The van der Waals surface area contributed by atoms with Crippen LogP contribution in [0.4, 0.5) is 10.8 Å². The molecule has 5 rings (SSSR count). The van der Waals surface area contributed by atoms with Gasteiger partial charge in [-0.05, 0) is 56.5 Å². The number of nitrogens with one attached hydrogen (secondary N) is 2. The van der Waals surface area contributed by atoms with Crippen molar-refractivity contribution in [2.75, 3.05) is 17.7 Å². The SMILES string of the molecule is COc1ccc(C(=O)Nc2nc(C)cs2)cc1NC(=O)c1nn(-c2ccccc2)c2c1CCC2. The van der Waals surface area contributed by atoms with Crippen LogP contribution in [0.5, 0.6) is 5.75 Å². The molecule has 34 heavy (non-hydrogen) atoms. The summed E-state index contributed by atoms with van der Waals surface area (Å²) in [6, 6.07) is 14.7. The summed E-state index contributed by atoms with van der Waals surface area (Å²) in [5.41, 5.74) is 4.97. The number of nitrogens with zero attached hydrogens (tertiary/aromatic N) is 3. The molecule has 4 aromatic rings. The van der Waals surface area contributed by atoms with Crippen LogP contribution in [0.1, 0.15) is 44.2 Å². The number of methoxy groups -OCH3 is 1. The van der Waals surface area contributed by atoms with Gasteiger partial charge in [-0.25, -0.2) is 9.67 Å². The predicted molar refractivity (Wildman–Crippen MR) is 131 cm³/mol. The number of aromatic nitrogens is 3. The highest BCUT2D eigenvalue weighted by atomic mass is 32.1. The molecule has 0 fully saturated rings. The maximum atomic E-state index is 13.3. The molecule has 2 aromatic carbocycles. The quantitative estimate of drug-likeness (QED) is 0.425. The van der Waals surface area contributed by atoms with E-state index in [2.05, 4.69) is 20.7 Å². The van der Waals surface area contributed by atoms with Crippen LogP contribution >= 0.6 is 11.3 Å². The zero-order valence-corrected chi connectivity index (χ0v) is 19.6. The van der Waals surface area contributed by atoms with Gasteiger partial charge >= 0.3 is 0 Å². The van der Waals surface area contributed by atoms with Crippen molar-refractivity contribution < 1.29 is 14.3 Å². The number of amides is 2. The molecule has 0 saturated carbocycles. The first-order valence-electron chi connectivity index (χ1n) is 10.9. The molecule has 2 heterocycles. The van der Waals surface area contributed by atoms with Crippen molar-refractivity contribution in [1.29, 1.82) is 0 Å². The minimum Gasteiger partial charge on any atom is -0.495 e. The van der Waals surface area contributed by atoms with Crippen molar-refractivity contribution in [3.8, 4) is 11.4 Å². The van der Waals surface area contributed by atoms with Gasteiger partial charge in [-0.1, -0.05) is 18.2 Å². The molecule has 1 aliphatic carbocycles. The van der Waals surface area contributed by atoms with Gasteiger partial charge in [0.25, 0.3) is 11.8 Å². The Kier molecular flexibility index (Phi) is 5.85. The fourth-order valence-corrected chi connectivity index (χ4v) is 4.79. The Balaban J connectivity index is 1.42. The molecule has 2 amide bonds. The molecule has 0 atom stereocenters. The molecular weight excluding hydrogens is 450 g/mol. The van der Waals surface area contributed by atoms with Crippen molar-refractivity contribution >= 4 is 34.0 Å². The number of thiazole rings is 1. The number of anilines is 2. The van der Waals surface area contributed by atoms with Gasteiger partial charge < -0.3 is 10.1 Å². The fourth-order valence-electron chi connectivity index (χ4n) is 4.11. The first kappa shape index (κ1) is 21.8. The summed E-state index contributed by atoms with van der Waals surface area (Å²) in [5, 5.41) is 12.7. The van der Waals surface area contributed by atoms with Crippen LogP contribution in [0.2, 0.25) is 0 Å². The standard InChI is InChI=1S/C25H23N5O3S/c1-15-14-34-25(26-15)28-23(31)16-11-12-21(33-2)19(13-16)27-24(32)22-18-9-6-10-20(18)30(29-22)17-7-4-3-5-8-17/h3-5,7-8,11-14H,6,9-10H2,1-2H3,(H,27,32)(H,26,28,31). The normalized spacial score (nSPS) is 12.3. The van der Waals surface area contributed by atoms with E-state index in [4.69, 9.17) is 4.74 Å². The van der Waals surface area contributed by atoms with Crippen molar-refractivity contribution in [2.24, 2.45) is 0 Å². The lowest BCUT2D eigenvalue weighted by Gasteiger charge is -2.12. The van der Waals surface area contributed by atoms with Crippen LogP contribution in [0.15, 0.2) is 53.9 Å². The third-order valence-corrected chi connectivity index (χ3v) is 6.57. The molecule has 0 aliphatic heterocycles. The molecule has 0 spiro atoms. The van der Waals surface area contributed by atoms with Gasteiger partial charge in [-0.2, -0.15) is 5.10 Å². The highest BCUT2D eigenvalue weighted by Crippen LogP contribution is 2.30. The second-order valence-electron chi connectivity index (χ2n) is 7.99. The van der Waals surface area contributed by atoms with E-state index in [-0.39, 0.29) is 11.8 Å². The summed E-state index contributed by atoms with van der Waals surface area (Å²) < 4.78 is 7.28. The van der Waals surface area contributed by atoms with Crippen LogP contribution < -0.4 is 15.4 Å². The zero-order chi connectivity index (χ0) is 23.7. The lowest BCUT2D eigenvalue weighted by molar-refractivity contribution is 0.101. The lowest BCUT2D eigenvalue weighted by atomic mass is 10.1. The molecular formula is C25H23N5O3S. The molecule has 8 nitrogen and oxygen atoms in total. The van der Waals surface area contributed by atoms with Crippen LogP contribution in [-0.2, 0) is 12.8 Å². The van der Waals surface area contributed by atoms with Gasteiger partial charge in [0.15, 0.2) is 10.8 Å². The molecule has 172 valence electrons. The summed E-state index contributed by atoms with van der Waals surface area (Å²) in [5.74, 6) is -0.199. The fraction of sp³-hybridized carbons (Fsp3) is 0.200. The minimum atomic E-state index is -0.334. The van der Waals surface area contributed by atoms with Crippen LogP contribution in [0.3, 0.4) is 0 Å².